The Morgan fingerprint density at radius 1 is 1.71 bits per heavy atom. The predicted molar refractivity (Wildman–Crippen MR) is 46.5 cm³/mol. The van der Waals surface area contributed by atoms with E-state index in [1.807, 2.05) is 0 Å². The van der Waals surface area contributed by atoms with Gasteiger partial charge in [-0.2, -0.15) is 0 Å². The van der Waals surface area contributed by atoms with Gasteiger partial charge in [-0.25, -0.2) is 0 Å². The van der Waals surface area contributed by atoms with Crippen molar-refractivity contribution < 1.29 is 0 Å². The molecule has 0 spiro atoms. The molecule has 0 aliphatic carbocycles. The van der Waals surface area contributed by atoms with Gasteiger partial charge in [0.1, 0.15) is 0 Å². The molecule has 1 atom stereocenters. The van der Waals surface area contributed by atoms with Crippen LogP contribution in [0.2, 0.25) is 0 Å². The molecule has 0 bridgehead atoms. The molecule has 0 nitrogen and oxygen atoms in total. The van der Waals surface area contributed by atoms with Crippen molar-refractivity contribution in [3.05, 3.63) is 0 Å². The van der Waals surface area contributed by atoms with Gasteiger partial charge in [-0.05, 0) is 12.8 Å². The minimum Gasteiger partial charge on any atom is -0.0891 e. The van der Waals surface area contributed by atoms with Crippen LogP contribution in [0.25, 0.3) is 0 Å². The summed E-state index contributed by atoms with van der Waals surface area (Å²) < 4.78 is 1.27. The molecule has 0 saturated carbocycles. The van der Waals surface area contributed by atoms with Gasteiger partial charge in [-0.15, -0.1) is 0 Å². The molecule has 0 heterocycles. The second kappa shape index (κ2) is 5.35. The monoisotopic (exact) mass is 276 g/mol. The highest BCUT2D eigenvalue weighted by molar-refractivity contribution is 14.1. The van der Waals surface area contributed by atoms with Gasteiger partial charge < -0.3 is 0 Å². The summed E-state index contributed by atoms with van der Waals surface area (Å²) in [6, 6.07) is 0. The van der Waals surface area contributed by atoms with Crippen LogP contribution in [0.1, 0.15) is 19.8 Å². The molecule has 0 N–H and O–H groups in total. The molecular formula is C5H10BrI. The van der Waals surface area contributed by atoms with Crippen molar-refractivity contribution in [1.29, 1.82) is 0 Å². The molecule has 7 heavy (non-hydrogen) atoms. The maximum absolute atomic E-state index is 3.53. The molecule has 0 aliphatic rings. The van der Waals surface area contributed by atoms with E-state index in [4.69, 9.17) is 0 Å². The van der Waals surface area contributed by atoms with E-state index in [-0.39, 0.29) is 0 Å². The van der Waals surface area contributed by atoms with Gasteiger partial charge in [0, 0.05) is 9.25 Å². The van der Waals surface area contributed by atoms with Gasteiger partial charge in [-0.1, -0.05) is 45.4 Å². The van der Waals surface area contributed by atoms with E-state index in [1.54, 1.807) is 0 Å². The lowest BCUT2D eigenvalue weighted by molar-refractivity contribution is 0.819. The van der Waals surface area contributed by atoms with Crippen molar-refractivity contribution in [2.24, 2.45) is 0 Å². The fourth-order valence-electron chi connectivity index (χ4n) is 0.323. The van der Waals surface area contributed by atoms with Gasteiger partial charge in [0.2, 0.25) is 0 Å². The Morgan fingerprint density at radius 3 is 2.43 bits per heavy atom. The van der Waals surface area contributed by atoms with E-state index in [2.05, 4.69) is 45.4 Å². The normalized spacial score (nSPS) is 14.1. The van der Waals surface area contributed by atoms with Gasteiger partial charge >= 0.3 is 0 Å². The summed E-state index contributed by atoms with van der Waals surface area (Å²) in [5.74, 6) is 0. The van der Waals surface area contributed by atoms with Crippen LogP contribution in [0.3, 0.4) is 0 Å². The van der Waals surface area contributed by atoms with E-state index in [0.717, 1.165) is 4.83 Å². The van der Waals surface area contributed by atoms with Gasteiger partial charge in [-0.3, -0.25) is 0 Å². The summed E-state index contributed by atoms with van der Waals surface area (Å²) in [5, 5.41) is 0. The number of alkyl halides is 2. The van der Waals surface area contributed by atoms with Gasteiger partial charge in [0.15, 0.2) is 0 Å². The van der Waals surface area contributed by atoms with E-state index >= 15 is 0 Å². The molecular weight excluding hydrogens is 267 g/mol. The third kappa shape index (κ3) is 5.07. The highest BCUT2D eigenvalue weighted by atomic mass is 127. The lowest BCUT2D eigenvalue weighted by atomic mass is 10.3. The smallest absolute Gasteiger partial charge is 0.0150 e. The molecule has 0 aromatic carbocycles. The topological polar surface area (TPSA) is 0 Å². The largest absolute Gasteiger partial charge is 0.0891 e. The quantitative estimate of drug-likeness (QED) is 0.549. The first-order valence-electron chi connectivity index (χ1n) is 2.51. The maximum atomic E-state index is 3.53. The van der Waals surface area contributed by atoms with Crippen LogP contribution >= 0.6 is 38.5 Å². The Bertz CT molecular complexity index is 39.1. The summed E-state index contributed by atoms with van der Waals surface area (Å²) in [7, 11) is 0. The average molecular weight is 277 g/mol. The molecule has 0 saturated heterocycles. The third-order valence-corrected chi connectivity index (χ3v) is 2.59. The van der Waals surface area contributed by atoms with Crippen molar-refractivity contribution in [2.75, 3.05) is 4.43 Å². The van der Waals surface area contributed by atoms with E-state index in [1.165, 1.54) is 17.3 Å². The molecule has 0 aliphatic heterocycles. The van der Waals surface area contributed by atoms with Crippen LogP contribution in [0, 0.1) is 0 Å². The average Bonchev–Trinajstić information content (AvgIpc) is 1.68. The van der Waals surface area contributed by atoms with Crippen LogP contribution in [-0.2, 0) is 0 Å². The number of halogens is 2. The summed E-state index contributed by atoms with van der Waals surface area (Å²) in [5.41, 5.74) is 0. The molecule has 0 radical (unpaired) electrons. The Kier molecular flexibility index (Phi) is 6.27. The Labute approximate surface area is 67.3 Å². The summed E-state index contributed by atoms with van der Waals surface area (Å²) in [6.45, 7) is 2.20. The molecule has 0 rings (SSSR count). The van der Waals surface area contributed by atoms with Crippen LogP contribution in [0.15, 0.2) is 0 Å². The van der Waals surface area contributed by atoms with Crippen LogP contribution in [-0.4, -0.2) is 9.25 Å². The predicted octanol–water partition coefficient (Wildman–Crippen LogP) is 2.99. The van der Waals surface area contributed by atoms with Crippen LogP contribution in [0.5, 0.6) is 0 Å². The molecule has 0 aromatic rings. The van der Waals surface area contributed by atoms with Crippen LogP contribution < -0.4 is 0 Å². The highest BCUT2D eigenvalue weighted by Gasteiger charge is 1.95. The number of hydrogen-bond acceptors (Lipinski definition) is 0. The van der Waals surface area contributed by atoms with Crippen molar-refractivity contribution in [3.8, 4) is 0 Å². The number of hydrogen-bond donors (Lipinski definition) is 0. The minimum absolute atomic E-state index is 0.754. The second-order valence-electron chi connectivity index (χ2n) is 1.48. The molecule has 44 valence electrons. The highest BCUT2D eigenvalue weighted by Crippen LogP contribution is 2.09. The van der Waals surface area contributed by atoms with Crippen molar-refractivity contribution in [2.45, 2.75) is 24.6 Å². The zero-order chi connectivity index (χ0) is 5.70. The van der Waals surface area contributed by atoms with Crippen molar-refractivity contribution >= 4 is 38.5 Å². The lowest BCUT2D eigenvalue weighted by Gasteiger charge is -1.99. The SMILES string of the molecule is CCC(Br)CCI. The zero-order valence-electron chi connectivity index (χ0n) is 4.45. The zero-order valence-corrected chi connectivity index (χ0v) is 8.20. The third-order valence-electron chi connectivity index (χ3n) is 0.865. The van der Waals surface area contributed by atoms with E-state index < -0.39 is 0 Å². The molecule has 0 aromatic heterocycles. The fourth-order valence-corrected chi connectivity index (χ4v) is 2.16. The summed E-state index contributed by atoms with van der Waals surface area (Å²) >= 11 is 5.93. The summed E-state index contributed by atoms with van der Waals surface area (Å²) in [4.78, 5) is 0.754. The summed E-state index contributed by atoms with van der Waals surface area (Å²) in [6.07, 6.45) is 2.56. The Balaban J connectivity index is 2.83. The molecule has 0 fully saturated rings. The van der Waals surface area contributed by atoms with Gasteiger partial charge in [0.05, 0.1) is 0 Å². The van der Waals surface area contributed by atoms with E-state index in [0.29, 0.717) is 0 Å². The second-order valence-corrected chi connectivity index (χ2v) is 3.86. The Morgan fingerprint density at radius 2 is 2.29 bits per heavy atom. The van der Waals surface area contributed by atoms with Crippen molar-refractivity contribution in [1.82, 2.24) is 0 Å². The first-order valence-corrected chi connectivity index (χ1v) is 4.95. The number of rotatable bonds is 3. The standard InChI is InChI=1S/C5H10BrI/c1-2-5(6)3-4-7/h5H,2-4H2,1H3. The van der Waals surface area contributed by atoms with Crippen molar-refractivity contribution in [3.63, 3.8) is 0 Å². The molecule has 0 amide bonds. The molecule has 2 heteroatoms. The van der Waals surface area contributed by atoms with Gasteiger partial charge in [0.25, 0.3) is 0 Å². The van der Waals surface area contributed by atoms with Crippen LogP contribution in [0.4, 0.5) is 0 Å². The first kappa shape index (κ1) is 8.21. The maximum Gasteiger partial charge on any atom is 0.0150 e. The van der Waals surface area contributed by atoms with E-state index in [9.17, 15) is 0 Å². The first-order chi connectivity index (χ1) is 3.31. The fraction of sp³-hybridized carbons (Fsp3) is 1.00. The lowest BCUT2D eigenvalue weighted by Crippen LogP contribution is -1.93. The Hall–Kier alpha value is 1.21. The minimum atomic E-state index is 0.754. The molecule has 1 unspecified atom stereocenters.